The second-order valence-electron chi connectivity index (χ2n) is 3.85. The van der Waals surface area contributed by atoms with Crippen molar-refractivity contribution in [3.05, 3.63) is 21.9 Å². The molecule has 0 bridgehead atoms. The highest BCUT2D eigenvalue weighted by Crippen LogP contribution is 2.16. The van der Waals surface area contributed by atoms with E-state index >= 15 is 0 Å². The largest absolute Gasteiger partial charge is 0.395 e. The summed E-state index contributed by atoms with van der Waals surface area (Å²) in [5, 5.41) is 19.3. The normalized spacial score (nSPS) is 9.89. The lowest BCUT2D eigenvalue weighted by Gasteiger charge is -2.17. The van der Waals surface area contributed by atoms with E-state index in [2.05, 4.69) is 35.8 Å². The fourth-order valence-corrected chi connectivity index (χ4v) is 2.38. The Morgan fingerprint density at radius 3 is 2.94 bits per heavy atom. The van der Waals surface area contributed by atoms with Crippen molar-refractivity contribution in [3.63, 3.8) is 0 Å². The van der Waals surface area contributed by atoms with E-state index in [1.54, 1.807) is 11.3 Å². The molecule has 18 heavy (non-hydrogen) atoms. The van der Waals surface area contributed by atoms with Crippen LogP contribution in [0.4, 0.5) is 0 Å². The molecule has 1 aromatic heterocycles. The fourth-order valence-electron chi connectivity index (χ4n) is 1.53. The summed E-state index contributed by atoms with van der Waals surface area (Å²) in [7, 11) is 0. The molecule has 0 spiro atoms. The standard InChI is InChI=1S/C14H18N2OS/c1-2-16(8-5-7-15)11-14-10-13(12-18-14)6-3-4-9-17/h10,12,17H,2,4-5,8-9,11H2,1H3. The molecule has 1 rings (SSSR count). The van der Waals surface area contributed by atoms with Crippen molar-refractivity contribution < 1.29 is 5.11 Å². The molecule has 96 valence electrons. The van der Waals surface area contributed by atoms with Crippen LogP contribution in [0.15, 0.2) is 11.4 Å². The van der Waals surface area contributed by atoms with E-state index in [-0.39, 0.29) is 6.61 Å². The second-order valence-corrected chi connectivity index (χ2v) is 4.85. The van der Waals surface area contributed by atoms with Gasteiger partial charge in [-0.1, -0.05) is 18.8 Å². The molecule has 1 N–H and O–H groups in total. The Bertz CT molecular complexity index is 450. The SMILES string of the molecule is CCN(CCC#N)Cc1cc(C#CCCO)cs1. The van der Waals surface area contributed by atoms with E-state index in [0.29, 0.717) is 12.8 Å². The molecule has 0 radical (unpaired) electrons. The van der Waals surface area contributed by atoms with Crippen LogP contribution in [0.2, 0.25) is 0 Å². The number of aliphatic hydroxyl groups is 1. The predicted octanol–water partition coefficient (Wildman–Crippen LogP) is 2.22. The lowest BCUT2D eigenvalue weighted by Crippen LogP contribution is -2.23. The smallest absolute Gasteiger partial charge is 0.0635 e. The lowest BCUT2D eigenvalue weighted by molar-refractivity contribution is 0.289. The second kappa shape index (κ2) is 8.72. The Morgan fingerprint density at radius 1 is 1.44 bits per heavy atom. The molecule has 0 aliphatic heterocycles. The molecular weight excluding hydrogens is 244 g/mol. The summed E-state index contributed by atoms with van der Waals surface area (Å²) in [6.45, 7) is 4.86. The number of rotatable bonds is 6. The van der Waals surface area contributed by atoms with Crippen LogP contribution >= 0.6 is 11.3 Å². The molecule has 0 saturated heterocycles. The Kier molecular flexibility index (Phi) is 7.13. The van der Waals surface area contributed by atoms with Crippen molar-refractivity contribution in [1.29, 1.82) is 5.26 Å². The van der Waals surface area contributed by atoms with Gasteiger partial charge < -0.3 is 5.11 Å². The van der Waals surface area contributed by atoms with Gasteiger partial charge in [0.25, 0.3) is 0 Å². The van der Waals surface area contributed by atoms with Crippen molar-refractivity contribution in [2.45, 2.75) is 26.3 Å². The molecule has 0 unspecified atom stereocenters. The van der Waals surface area contributed by atoms with Crippen LogP contribution in [0.25, 0.3) is 0 Å². The first-order valence-electron chi connectivity index (χ1n) is 6.06. The maximum atomic E-state index is 8.65. The van der Waals surface area contributed by atoms with Gasteiger partial charge in [0.05, 0.1) is 12.7 Å². The minimum absolute atomic E-state index is 0.113. The van der Waals surface area contributed by atoms with Gasteiger partial charge in [-0.15, -0.1) is 11.3 Å². The summed E-state index contributed by atoms with van der Waals surface area (Å²) in [6, 6.07) is 4.26. The van der Waals surface area contributed by atoms with Gasteiger partial charge in [0.1, 0.15) is 0 Å². The van der Waals surface area contributed by atoms with E-state index in [1.165, 1.54) is 4.88 Å². The van der Waals surface area contributed by atoms with Crippen LogP contribution in [0, 0.1) is 23.2 Å². The maximum Gasteiger partial charge on any atom is 0.0635 e. The average Bonchev–Trinajstić information content (AvgIpc) is 2.82. The number of hydrogen-bond acceptors (Lipinski definition) is 4. The van der Waals surface area contributed by atoms with E-state index in [4.69, 9.17) is 10.4 Å². The highest BCUT2D eigenvalue weighted by molar-refractivity contribution is 7.10. The fraction of sp³-hybridized carbons (Fsp3) is 0.500. The zero-order valence-corrected chi connectivity index (χ0v) is 11.5. The first-order chi connectivity index (χ1) is 8.80. The third-order valence-corrected chi connectivity index (χ3v) is 3.41. The minimum atomic E-state index is 0.113. The number of hydrogen-bond donors (Lipinski definition) is 1. The molecule has 0 aliphatic rings. The third-order valence-electron chi connectivity index (χ3n) is 2.49. The number of nitriles is 1. The van der Waals surface area contributed by atoms with Crippen molar-refractivity contribution in [1.82, 2.24) is 4.90 Å². The van der Waals surface area contributed by atoms with Gasteiger partial charge in [-0.3, -0.25) is 4.90 Å². The summed E-state index contributed by atoms with van der Waals surface area (Å²) in [6.07, 6.45) is 1.09. The maximum absolute atomic E-state index is 8.65. The number of aliphatic hydroxyl groups excluding tert-OH is 1. The topological polar surface area (TPSA) is 47.3 Å². The minimum Gasteiger partial charge on any atom is -0.395 e. The van der Waals surface area contributed by atoms with E-state index < -0.39 is 0 Å². The molecule has 0 fully saturated rings. The van der Waals surface area contributed by atoms with Crippen molar-refractivity contribution in [3.8, 4) is 17.9 Å². The Labute approximate surface area is 113 Å². The lowest BCUT2D eigenvalue weighted by atomic mass is 10.3. The van der Waals surface area contributed by atoms with Crippen LogP contribution in [-0.4, -0.2) is 29.7 Å². The number of thiophene rings is 1. The number of nitrogens with zero attached hydrogens (tertiary/aromatic N) is 2. The van der Waals surface area contributed by atoms with Gasteiger partial charge in [0, 0.05) is 41.8 Å². The van der Waals surface area contributed by atoms with Gasteiger partial charge in [0.2, 0.25) is 0 Å². The average molecular weight is 262 g/mol. The molecular formula is C14H18N2OS. The molecule has 0 aliphatic carbocycles. The van der Waals surface area contributed by atoms with Gasteiger partial charge in [-0.2, -0.15) is 5.26 Å². The van der Waals surface area contributed by atoms with Crippen LogP contribution in [-0.2, 0) is 6.54 Å². The zero-order valence-electron chi connectivity index (χ0n) is 10.6. The third kappa shape index (κ3) is 5.33. The van der Waals surface area contributed by atoms with E-state index in [0.717, 1.165) is 25.2 Å². The summed E-state index contributed by atoms with van der Waals surface area (Å²) in [5.41, 5.74) is 1.01. The first-order valence-corrected chi connectivity index (χ1v) is 6.94. The zero-order chi connectivity index (χ0) is 13.2. The Balaban J connectivity index is 2.52. The van der Waals surface area contributed by atoms with Crippen LogP contribution in [0.3, 0.4) is 0 Å². The van der Waals surface area contributed by atoms with Crippen molar-refractivity contribution in [2.24, 2.45) is 0 Å². The molecule has 3 nitrogen and oxygen atoms in total. The van der Waals surface area contributed by atoms with Gasteiger partial charge >= 0.3 is 0 Å². The monoisotopic (exact) mass is 262 g/mol. The molecule has 0 amide bonds. The molecule has 0 aromatic carbocycles. The predicted molar refractivity (Wildman–Crippen MR) is 74.1 cm³/mol. The van der Waals surface area contributed by atoms with E-state index in [9.17, 15) is 0 Å². The van der Waals surface area contributed by atoms with Crippen LogP contribution < -0.4 is 0 Å². The highest BCUT2D eigenvalue weighted by Gasteiger charge is 2.05. The van der Waals surface area contributed by atoms with Crippen LogP contribution in [0.5, 0.6) is 0 Å². The van der Waals surface area contributed by atoms with E-state index in [1.807, 2.05) is 5.38 Å². The molecule has 1 heterocycles. The first kappa shape index (κ1) is 14.7. The quantitative estimate of drug-likeness (QED) is 0.800. The summed E-state index contributed by atoms with van der Waals surface area (Å²) < 4.78 is 0. The van der Waals surface area contributed by atoms with Gasteiger partial charge in [-0.05, 0) is 12.6 Å². The van der Waals surface area contributed by atoms with Gasteiger partial charge in [-0.25, -0.2) is 0 Å². The molecule has 4 heteroatoms. The summed E-state index contributed by atoms with van der Waals surface area (Å²) >= 11 is 1.70. The summed E-state index contributed by atoms with van der Waals surface area (Å²) in [5.74, 6) is 5.95. The Morgan fingerprint density at radius 2 is 2.28 bits per heavy atom. The molecule has 0 saturated carbocycles. The molecule has 0 atom stereocenters. The van der Waals surface area contributed by atoms with Crippen LogP contribution in [0.1, 0.15) is 30.2 Å². The highest BCUT2D eigenvalue weighted by atomic mass is 32.1. The van der Waals surface area contributed by atoms with Crippen molar-refractivity contribution >= 4 is 11.3 Å². The van der Waals surface area contributed by atoms with Gasteiger partial charge in [0.15, 0.2) is 0 Å². The summed E-state index contributed by atoms with van der Waals surface area (Å²) in [4.78, 5) is 3.52. The Hall–Kier alpha value is -1.33. The van der Waals surface area contributed by atoms with Crippen molar-refractivity contribution in [2.75, 3.05) is 19.7 Å². The molecule has 1 aromatic rings.